The van der Waals surface area contributed by atoms with Crippen molar-refractivity contribution >= 4 is 45.6 Å². The van der Waals surface area contributed by atoms with Crippen molar-refractivity contribution in [2.24, 2.45) is 10.9 Å². The Kier molecular flexibility index (Phi) is 6.68. The molecule has 106 valence electrons. The zero-order chi connectivity index (χ0) is 12.5. The number of aromatic nitrogens is 1. The number of hydrogen-bond donors (Lipinski definition) is 2. The van der Waals surface area contributed by atoms with Gasteiger partial charge in [-0.25, -0.2) is 13.6 Å². The third-order valence-corrected chi connectivity index (χ3v) is 3.51. The van der Waals surface area contributed by atoms with Crippen LogP contribution in [-0.2, 0) is 16.4 Å². The molecule has 0 aliphatic heterocycles. The molecule has 0 aliphatic rings. The summed E-state index contributed by atoms with van der Waals surface area (Å²) in [6.07, 6.45) is 2.17. The molecule has 8 heteroatoms. The fourth-order valence-corrected chi connectivity index (χ4v) is 2.58. The lowest BCUT2D eigenvalue weighted by atomic mass is 10.1. The number of nitrogens with two attached hydrogens (primary N) is 2. The lowest BCUT2D eigenvalue weighted by Gasteiger charge is -2.07. The second-order valence-electron chi connectivity index (χ2n) is 3.69. The first kappa shape index (κ1) is 18.1. The molecular weight excluding hydrogens is 309 g/mol. The normalized spacial score (nSPS) is 10.6. The summed E-state index contributed by atoms with van der Waals surface area (Å²) in [6, 6.07) is 6.62. The molecule has 0 unspecified atom stereocenters. The van der Waals surface area contributed by atoms with Crippen LogP contribution < -0.4 is 10.9 Å². The average molecular weight is 324 g/mol. The van der Waals surface area contributed by atoms with Gasteiger partial charge in [-0.2, -0.15) is 0 Å². The highest BCUT2D eigenvalue weighted by Crippen LogP contribution is 2.23. The first-order chi connectivity index (χ1) is 8.04. The van der Waals surface area contributed by atoms with Crippen LogP contribution in [-0.4, -0.2) is 19.9 Å². The van der Waals surface area contributed by atoms with Gasteiger partial charge in [0.25, 0.3) is 0 Å². The molecule has 0 amide bonds. The van der Waals surface area contributed by atoms with E-state index in [0.29, 0.717) is 18.4 Å². The Morgan fingerprint density at radius 2 is 1.79 bits per heavy atom. The highest BCUT2D eigenvalue weighted by Gasteiger charge is 2.13. The van der Waals surface area contributed by atoms with Crippen molar-refractivity contribution < 1.29 is 8.42 Å². The van der Waals surface area contributed by atoms with Crippen molar-refractivity contribution in [3.8, 4) is 0 Å². The van der Waals surface area contributed by atoms with Crippen LogP contribution in [0.5, 0.6) is 0 Å². The third-order valence-electron chi connectivity index (χ3n) is 2.54. The molecule has 1 heterocycles. The van der Waals surface area contributed by atoms with Gasteiger partial charge in [0, 0.05) is 29.1 Å². The highest BCUT2D eigenvalue weighted by molar-refractivity contribution is 7.89. The number of halogens is 2. The maximum absolute atomic E-state index is 11.4. The van der Waals surface area contributed by atoms with Crippen molar-refractivity contribution in [2.45, 2.75) is 11.3 Å². The van der Waals surface area contributed by atoms with E-state index in [2.05, 4.69) is 4.98 Å². The Morgan fingerprint density at radius 3 is 2.37 bits per heavy atom. The number of benzene rings is 1. The molecular formula is C11H15Cl2N3O2S. The summed E-state index contributed by atoms with van der Waals surface area (Å²) in [4.78, 5) is 4.33. The molecule has 0 bridgehead atoms. The van der Waals surface area contributed by atoms with Gasteiger partial charge in [-0.3, -0.25) is 4.98 Å². The molecule has 0 saturated carbocycles. The van der Waals surface area contributed by atoms with Gasteiger partial charge in [0.2, 0.25) is 10.0 Å². The molecule has 0 saturated heterocycles. The van der Waals surface area contributed by atoms with Gasteiger partial charge in [-0.15, -0.1) is 24.8 Å². The van der Waals surface area contributed by atoms with Gasteiger partial charge >= 0.3 is 0 Å². The highest BCUT2D eigenvalue weighted by atomic mass is 35.5. The molecule has 1 aromatic carbocycles. The van der Waals surface area contributed by atoms with Crippen molar-refractivity contribution in [3.05, 3.63) is 36.2 Å². The van der Waals surface area contributed by atoms with E-state index >= 15 is 0 Å². The fraction of sp³-hybridized carbons (Fsp3) is 0.182. The number of hydrogen-bond acceptors (Lipinski definition) is 4. The summed E-state index contributed by atoms with van der Waals surface area (Å²) in [5.74, 6) is 0. The standard InChI is InChI=1S/C11H13N3O2S.2ClH/c12-6-4-10-8-2-1-3-11(17(13,15)16)9(8)5-7-14-10;;/h1-3,5,7H,4,6,12H2,(H2,13,15,16);2*1H. The van der Waals surface area contributed by atoms with Crippen LogP contribution >= 0.6 is 24.8 Å². The maximum Gasteiger partial charge on any atom is 0.238 e. The Morgan fingerprint density at radius 1 is 1.11 bits per heavy atom. The molecule has 0 radical (unpaired) electrons. The van der Waals surface area contributed by atoms with E-state index in [1.54, 1.807) is 18.3 Å². The Hall–Kier alpha value is -0.920. The predicted octanol–water partition coefficient (Wildman–Crippen LogP) is 1.23. The molecule has 19 heavy (non-hydrogen) atoms. The number of rotatable bonds is 3. The molecule has 4 N–H and O–H groups in total. The van der Waals surface area contributed by atoms with Crippen molar-refractivity contribution in [3.63, 3.8) is 0 Å². The summed E-state index contributed by atoms with van der Waals surface area (Å²) in [7, 11) is -3.72. The Labute approximate surface area is 124 Å². The summed E-state index contributed by atoms with van der Waals surface area (Å²) in [6.45, 7) is 0.464. The summed E-state index contributed by atoms with van der Waals surface area (Å²) in [5.41, 5.74) is 6.28. The van der Waals surface area contributed by atoms with Crippen LogP contribution in [0.1, 0.15) is 5.69 Å². The first-order valence-electron chi connectivity index (χ1n) is 5.13. The molecule has 2 rings (SSSR count). The molecule has 0 fully saturated rings. The second-order valence-corrected chi connectivity index (χ2v) is 5.22. The van der Waals surface area contributed by atoms with Gasteiger partial charge in [0.15, 0.2) is 0 Å². The van der Waals surface area contributed by atoms with Gasteiger partial charge in [0.1, 0.15) is 0 Å². The minimum atomic E-state index is -3.72. The average Bonchev–Trinajstić information content (AvgIpc) is 2.28. The first-order valence-corrected chi connectivity index (χ1v) is 6.68. The minimum absolute atomic E-state index is 0. The van der Waals surface area contributed by atoms with Crippen LogP contribution in [0.25, 0.3) is 10.8 Å². The quantitative estimate of drug-likeness (QED) is 0.887. The van der Waals surface area contributed by atoms with Crippen LogP contribution in [0.2, 0.25) is 0 Å². The van der Waals surface area contributed by atoms with E-state index in [9.17, 15) is 8.42 Å². The van der Waals surface area contributed by atoms with Gasteiger partial charge < -0.3 is 5.73 Å². The van der Waals surface area contributed by atoms with E-state index in [4.69, 9.17) is 10.9 Å². The zero-order valence-electron chi connectivity index (χ0n) is 9.94. The molecule has 0 atom stereocenters. The summed E-state index contributed by atoms with van der Waals surface area (Å²) < 4.78 is 22.9. The van der Waals surface area contributed by atoms with Gasteiger partial charge in [-0.05, 0) is 18.7 Å². The van der Waals surface area contributed by atoms with Crippen LogP contribution in [0.4, 0.5) is 0 Å². The van der Waals surface area contributed by atoms with Crippen LogP contribution in [0, 0.1) is 0 Å². The zero-order valence-corrected chi connectivity index (χ0v) is 12.4. The largest absolute Gasteiger partial charge is 0.330 e. The fourth-order valence-electron chi connectivity index (χ4n) is 1.82. The van der Waals surface area contributed by atoms with Gasteiger partial charge in [-0.1, -0.05) is 12.1 Å². The lowest BCUT2D eigenvalue weighted by molar-refractivity contribution is 0.598. The van der Waals surface area contributed by atoms with E-state index < -0.39 is 10.0 Å². The number of primary sulfonamides is 1. The summed E-state index contributed by atoms with van der Waals surface area (Å²) in [5, 5.41) is 6.55. The number of sulfonamides is 1. The summed E-state index contributed by atoms with van der Waals surface area (Å²) >= 11 is 0. The van der Waals surface area contributed by atoms with E-state index in [1.807, 2.05) is 6.07 Å². The lowest BCUT2D eigenvalue weighted by Crippen LogP contribution is -2.13. The van der Waals surface area contributed by atoms with Crippen LogP contribution in [0.3, 0.4) is 0 Å². The van der Waals surface area contributed by atoms with E-state index in [0.717, 1.165) is 11.1 Å². The molecule has 2 aromatic rings. The third kappa shape index (κ3) is 3.77. The van der Waals surface area contributed by atoms with Crippen molar-refractivity contribution in [2.75, 3.05) is 6.54 Å². The van der Waals surface area contributed by atoms with E-state index in [1.165, 1.54) is 6.07 Å². The van der Waals surface area contributed by atoms with Gasteiger partial charge in [0.05, 0.1) is 4.90 Å². The predicted molar refractivity (Wildman–Crippen MR) is 80.4 cm³/mol. The number of fused-ring (bicyclic) bond motifs is 1. The smallest absolute Gasteiger partial charge is 0.238 e. The van der Waals surface area contributed by atoms with Crippen molar-refractivity contribution in [1.82, 2.24) is 4.98 Å². The Bertz CT molecular complexity index is 662. The molecule has 5 nitrogen and oxygen atoms in total. The monoisotopic (exact) mass is 323 g/mol. The molecule has 0 aliphatic carbocycles. The van der Waals surface area contributed by atoms with Crippen LogP contribution in [0.15, 0.2) is 35.4 Å². The topological polar surface area (TPSA) is 99.1 Å². The SMILES string of the molecule is Cl.Cl.NCCc1nccc2c(S(N)(=O)=O)cccc12. The Balaban J connectivity index is 0.00000162. The second kappa shape index (κ2) is 7.02. The minimum Gasteiger partial charge on any atom is -0.330 e. The maximum atomic E-state index is 11.4. The number of pyridine rings is 1. The number of nitrogens with zero attached hydrogens (tertiary/aromatic N) is 1. The molecule has 1 aromatic heterocycles. The van der Waals surface area contributed by atoms with Crippen molar-refractivity contribution in [1.29, 1.82) is 0 Å². The van der Waals surface area contributed by atoms with E-state index in [-0.39, 0.29) is 29.7 Å². The molecule has 0 spiro atoms.